The molecule has 0 radical (unpaired) electrons. The van der Waals surface area contributed by atoms with Gasteiger partial charge < -0.3 is 11.1 Å². The number of hydrogen-bond donors (Lipinski definition) is 2. The number of rotatable bonds is 3. The molecule has 0 fully saturated rings. The highest BCUT2D eigenvalue weighted by Crippen LogP contribution is 2.32. The largest absolute Gasteiger partial charge is 0.393 e. The molecule has 5 heteroatoms. The van der Waals surface area contributed by atoms with E-state index < -0.39 is 4.92 Å². The summed E-state index contributed by atoms with van der Waals surface area (Å²) in [5.74, 6) is 0. The monoisotopic (exact) mass is 195 g/mol. The third-order valence-corrected chi connectivity index (χ3v) is 2.12. The number of benzene rings is 1. The molecule has 0 atom stereocenters. The molecule has 0 saturated heterocycles. The molecule has 0 aliphatic rings. The van der Waals surface area contributed by atoms with Crippen LogP contribution in [0.1, 0.15) is 12.5 Å². The summed E-state index contributed by atoms with van der Waals surface area (Å²) in [5, 5.41) is 13.7. The van der Waals surface area contributed by atoms with E-state index in [2.05, 4.69) is 5.32 Å². The second kappa shape index (κ2) is 3.95. The van der Waals surface area contributed by atoms with E-state index in [9.17, 15) is 10.1 Å². The summed E-state index contributed by atoms with van der Waals surface area (Å²) in [4.78, 5) is 10.3. The van der Waals surface area contributed by atoms with Gasteiger partial charge in [0, 0.05) is 12.7 Å². The van der Waals surface area contributed by atoms with E-state index in [1.165, 1.54) is 0 Å². The molecule has 14 heavy (non-hydrogen) atoms. The van der Waals surface area contributed by atoms with Crippen molar-refractivity contribution in [3.05, 3.63) is 27.8 Å². The van der Waals surface area contributed by atoms with Gasteiger partial charge in [0.2, 0.25) is 0 Å². The molecular weight excluding hydrogens is 182 g/mol. The first-order valence-corrected chi connectivity index (χ1v) is 4.35. The molecule has 0 aliphatic heterocycles. The zero-order chi connectivity index (χ0) is 10.7. The van der Waals surface area contributed by atoms with Gasteiger partial charge in [-0.15, -0.1) is 0 Å². The van der Waals surface area contributed by atoms with E-state index in [0.717, 1.165) is 5.69 Å². The Hall–Kier alpha value is -1.78. The van der Waals surface area contributed by atoms with Crippen molar-refractivity contribution in [1.29, 1.82) is 0 Å². The predicted octanol–water partition coefficient (Wildman–Crippen LogP) is 1.78. The lowest BCUT2D eigenvalue weighted by atomic mass is 10.1. The Morgan fingerprint density at radius 1 is 1.57 bits per heavy atom. The quantitative estimate of drug-likeness (QED) is 0.437. The van der Waals surface area contributed by atoms with Gasteiger partial charge in [-0.05, 0) is 18.6 Å². The van der Waals surface area contributed by atoms with Crippen molar-refractivity contribution in [1.82, 2.24) is 0 Å². The highest BCUT2D eigenvalue weighted by Gasteiger charge is 2.19. The van der Waals surface area contributed by atoms with Crippen molar-refractivity contribution in [3.63, 3.8) is 0 Å². The second-order valence-electron chi connectivity index (χ2n) is 2.89. The molecule has 76 valence electrons. The Balaban J connectivity index is 3.42. The van der Waals surface area contributed by atoms with Crippen LogP contribution in [0.4, 0.5) is 17.1 Å². The molecule has 3 N–H and O–H groups in total. The summed E-state index contributed by atoms with van der Waals surface area (Å²) in [6, 6.07) is 3.30. The lowest BCUT2D eigenvalue weighted by Gasteiger charge is -2.09. The summed E-state index contributed by atoms with van der Waals surface area (Å²) >= 11 is 0. The highest BCUT2D eigenvalue weighted by molar-refractivity contribution is 5.71. The Labute approximate surface area is 82.1 Å². The molecule has 0 spiro atoms. The topological polar surface area (TPSA) is 81.2 Å². The third-order valence-electron chi connectivity index (χ3n) is 2.12. The molecule has 5 nitrogen and oxygen atoms in total. The molecule has 0 unspecified atom stereocenters. The average molecular weight is 195 g/mol. The maximum Gasteiger partial charge on any atom is 0.297 e. The fraction of sp³-hybridized carbons (Fsp3) is 0.333. The highest BCUT2D eigenvalue weighted by atomic mass is 16.6. The number of nitrogens with zero attached hydrogens (tertiary/aromatic N) is 1. The fourth-order valence-corrected chi connectivity index (χ4v) is 1.46. The second-order valence-corrected chi connectivity index (χ2v) is 2.89. The van der Waals surface area contributed by atoms with Gasteiger partial charge in [-0.3, -0.25) is 10.1 Å². The molecular formula is C9H13N3O2. The summed E-state index contributed by atoms with van der Waals surface area (Å²) in [6.07, 6.45) is 0.581. The van der Waals surface area contributed by atoms with Gasteiger partial charge in [-0.2, -0.15) is 0 Å². The van der Waals surface area contributed by atoms with E-state index in [1.807, 2.05) is 6.92 Å². The van der Waals surface area contributed by atoms with Crippen molar-refractivity contribution in [3.8, 4) is 0 Å². The van der Waals surface area contributed by atoms with E-state index in [-0.39, 0.29) is 11.4 Å². The normalized spacial score (nSPS) is 9.86. The van der Waals surface area contributed by atoms with Crippen LogP contribution in [-0.4, -0.2) is 12.0 Å². The molecule has 0 aliphatic carbocycles. The van der Waals surface area contributed by atoms with Gasteiger partial charge in [-0.1, -0.05) is 6.92 Å². The predicted molar refractivity (Wildman–Crippen MR) is 56.4 cm³/mol. The molecule has 0 aromatic heterocycles. The van der Waals surface area contributed by atoms with Crippen molar-refractivity contribution in [2.75, 3.05) is 18.1 Å². The van der Waals surface area contributed by atoms with Crippen LogP contribution in [0.15, 0.2) is 12.1 Å². The van der Waals surface area contributed by atoms with Crippen LogP contribution in [0, 0.1) is 10.1 Å². The van der Waals surface area contributed by atoms with Crippen molar-refractivity contribution < 1.29 is 4.92 Å². The number of nitrogens with two attached hydrogens (primary N) is 1. The lowest BCUT2D eigenvalue weighted by molar-refractivity contribution is -0.384. The van der Waals surface area contributed by atoms with Crippen LogP contribution in [0.5, 0.6) is 0 Å². The van der Waals surface area contributed by atoms with Gasteiger partial charge in [0.25, 0.3) is 5.69 Å². The summed E-state index contributed by atoms with van der Waals surface area (Å²) in [5.41, 5.74) is 7.19. The van der Waals surface area contributed by atoms with E-state index in [0.29, 0.717) is 12.0 Å². The van der Waals surface area contributed by atoms with Crippen LogP contribution in [0.2, 0.25) is 0 Å². The Bertz CT molecular complexity index is 363. The SMILES string of the molecule is CCc1c(NC)ccc(N)c1[N+](=O)[O-]. The van der Waals surface area contributed by atoms with E-state index in [1.54, 1.807) is 19.2 Å². The first-order chi connectivity index (χ1) is 6.61. The van der Waals surface area contributed by atoms with Gasteiger partial charge in [0.15, 0.2) is 0 Å². The molecule has 1 rings (SSSR count). The van der Waals surface area contributed by atoms with Crippen LogP contribution in [-0.2, 0) is 6.42 Å². The Morgan fingerprint density at radius 3 is 2.64 bits per heavy atom. The number of nitro groups is 1. The molecule has 0 amide bonds. The summed E-state index contributed by atoms with van der Waals surface area (Å²) in [7, 11) is 1.73. The summed E-state index contributed by atoms with van der Waals surface area (Å²) < 4.78 is 0. The third kappa shape index (κ3) is 1.61. The van der Waals surface area contributed by atoms with Crippen LogP contribution in [0.3, 0.4) is 0 Å². The standard InChI is InChI=1S/C9H13N3O2/c1-3-6-8(11-2)5-4-7(10)9(6)12(13)14/h4-5,11H,3,10H2,1-2H3. The van der Waals surface area contributed by atoms with Crippen molar-refractivity contribution in [2.24, 2.45) is 0 Å². The molecule has 1 aromatic carbocycles. The van der Waals surface area contributed by atoms with Crippen LogP contribution >= 0.6 is 0 Å². The first kappa shape index (κ1) is 10.3. The zero-order valence-electron chi connectivity index (χ0n) is 8.20. The minimum atomic E-state index is -0.436. The van der Waals surface area contributed by atoms with Gasteiger partial charge in [-0.25, -0.2) is 0 Å². The van der Waals surface area contributed by atoms with Gasteiger partial charge in [0.05, 0.1) is 10.5 Å². The number of nitro benzene ring substituents is 1. The Kier molecular flexibility index (Phi) is 2.91. The van der Waals surface area contributed by atoms with Crippen LogP contribution < -0.4 is 11.1 Å². The fourth-order valence-electron chi connectivity index (χ4n) is 1.46. The minimum Gasteiger partial charge on any atom is -0.393 e. The van der Waals surface area contributed by atoms with Crippen molar-refractivity contribution in [2.45, 2.75) is 13.3 Å². The molecule has 1 aromatic rings. The number of hydrogen-bond acceptors (Lipinski definition) is 4. The maximum absolute atomic E-state index is 10.8. The number of nitrogen functional groups attached to an aromatic ring is 1. The van der Waals surface area contributed by atoms with Crippen LogP contribution in [0.25, 0.3) is 0 Å². The van der Waals surface area contributed by atoms with Gasteiger partial charge in [0.1, 0.15) is 5.69 Å². The van der Waals surface area contributed by atoms with E-state index >= 15 is 0 Å². The Morgan fingerprint density at radius 2 is 2.21 bits per heavy atom. The lowest BCUT2D eigenvalue weighted by Crippen LogP contribution is -2.03. The minimum absolute atomic E-state index is 0.0133. The average Bonchev–Trinajstić information content (AvgIpc) is 2.16. The molecule has 0 saturated carbocycles. The number of anilines is 2. The molecule has 0 bridgehead atoms. The summed E-state index contributed by atoms with van der Waals surface area (Å²) in [6.45, 7) is 1.86. The first-order valence-electron chi connectivity index (χ1n) is 4.35. The number of nitrogens with one attached hydrogen (secondary N) is 1. The van der Waals surface area contributed by atoms with E-state index in [4.69, 9.17) is 5.73 Å². The van der Waals surface area contributed by atoms with Crippen molar-refractivity contribution >= 4 is 17.1 Å². The molecule has 0 heterocycles. The smallest absolute Gasteiger partial charge is 0.297 e. The maximum atomic E-state index is 10.8. The zero-order valence-corrected chi connectivity index (χ0v) is 8.20. The van der Waals surface area contributed by atoms with Gasteiger partial charge >= 0.3 is 0 Å².